The number of likely N-dealkylation sites (tertiary alicyclic amines) is 1. The molecule has 1 saturated carbocycles. The normalized spacial score (nSPS) is 24.1. The number of carbonyl (C=O) groups excluding carboxylic acids is 2. The Labute approximate surface area is 145 Å². The predicted molar refractivity (Wildman–Crippen MR) is 92.2 cm³/mol. The van der Waals surface area contributed by atoms with E-state index in [4.69, 9.17) is 5.73 Å². The van der Waals surface area contributed by atoms with Gasteiger partial charge in [0.2, 0.25) is 5.91 Å². The van der Waals surface area contributed by atoms with Crippen molar-refractivity contribution in [2.45, 2.75) is 19.4 Å². The van der Waals surface area contributed by atoms with Gasteiger partial charge in [0.15, 0.2) is 0 Å². The second kappa shape index (κ2) is 5.69. The first-order valence-corrected chi connectivity index (χ1v) is 8.43. The number of piperidine rings is 1. The van der Waals surface area contributed by atoms with Crippen LogP contribution in [0.1, 0.15) is 22.3 Å². The van der Waals surface area contributed by atoms with Gasteiger partial charge in [-0.3, -0.25) is 9.59 Å². The average Bonchev–Trinajstić information content (AvgIpc) is 3.23. The molecular weight excluding hydrogens is 319 g/mol. The Kier molecular flexibility index (Phi) is 3.60. The van der Waals surface area contributed by atoms with Gasteiger partial charge in [-0.1, -0.05) is 24.3 Å². The van der Waals surface area contributed by atoms with Crippen LogP contribution in [0.4, 0.5) is 4.39 Å². The van der Waals surface area contributed by atoms with Crippen molar-refractivity contribution in [2.24, 2.45) is 17.6 Å². The van der Waals surface area contributed by atoms with E-state index in [1.165, 1.54) is 12.1 Å². The van der Waals surface area contributed by atoms with Crippen molar-refractivity contribution in [1.29, 1.82) is 0 Å². The van der Waals surface area contributed by atoms with Crippen molar-refractivity contribution in [3.05, 3.63) is 59.4 Å². The Bertz CT molecular complexity index is 880. The summed E-state index contributed by atoms with van der Waals surface area (Å²) in [4.78, 5) is 26.6. The Morgan fingerprint density at radius 1 is 1.20 bits per heavy atom. The Balaban J connectivity index is 1.77. The molecule has 1 heterocycles. The second-order valence-electron chi connectivity index (χ2n) is 6.97. The number of hydrogen-bond acceptors (Lipinski definition) is 2. The molecule has 0 spiro atoms. The quantitative estimate of drug-likeness (QED) is 0.935. The number of benzene rings is 2. The number of rotatable bonds is 3. The van der Waals surface area contributed by atoms with Crippen LogP contribution in [0, 0.1) is 24.6 Å². The van der Waals surface area contributed by atoms with Crippen LogP contribution >= 0.6 is 0 Å². The largest absolute Gasteiger partial charge is 0.368 e. The molecule has 0 unspecified atom stereocenters. The van der Waals surface area contributed by atoms with Crippen LogP contribution in [0.3, 0.4) is 0 Å². The lowest BCUT2D eigenvalue weighted by Gasteiger charge is -2.26. The summed E-state index contributed by atoms with van der Waals surface area (Å²) in [5.41, 5.74) is 8.27. The van der Waals surface area contributed by atoms with Gasteiger partial charge in [0.05, 0.1) is 0 Å². The summed E-state index contributed by atoms with van der Waals surface area (Å²) in [5, 5.41) is 0. The average molecular weight is 338 g/mol. The lowest BCUT2D eigenvalue weighted by molar-refractivity contribution is -0.122. The molecule has 2 amide bonds. The van der Waals surface area contributed by atoms with Gasteiger partial charge in [-0.05, 0) is 60.1 Å². The monoisotopic (exact) mass is 338 g/mol. The number of nitrogens with two attached hydrogens (primary N) is 1. The highest BCUT2D eigenvalue weighted by molar-refractivity contribution is 6.04. The smallest absolute Gasteiger partial charge is 0.255 e. The molecule has 0 radical (unpaired) electrons. The lowest BCUT2D eigenvalue weighted by atomic mass is 9.94. The van der Waals surface area contributed by atoms with Crippen LogP contribution in [0.25, 0.3) is 11.1 Å². The molecule has 1 aliphatic heterocycles. The molecule has 0 bridgehead atoms. The molecular formula is C20H19FN2O2. The van der Waals surface area contributed by atoms with E-state index >= 15 is 0 Å². The highest BCUT2D eigenvalue weighted by Gasteiger charge is 2.56. The zero-order chi connectivity index (χ0) is 17.7. The first-order valence-electron chi connectivity index (χ1n) is 8.43. The number of carbonyl (C=O) groups is 2. The maximum atomic E-state index is 13.7. The number of halogens is 1. The van der Waals surface area contributed by atoms with Crippen molar-refractivity contribution in [2.75, 3.05) is 6.54 Å². The summed E-state index contributed by atoms with van der Waals surface area (Å²) >= 11 is 0. The Morgan fingerprint density at radius 2 is 1.96 bits per heavy atom. The zero-order valence-corrected chi connectivity index (χ0v) is 13.9. The van der Waals surface area contributed by atoms with Gasteiger partial charge < -0.3 is 10.6 Å². The molecule has 2 aromatic rings. The fourth-order valence-corrected chi connectivity index (χ4v) is 4.07. The van der Waals surface area contributed by atoms with Crippen LogP contribution in [0.2, 0.25) is 0 Å². The van der Waals surface area contributed by atoms with E-state index in [2.05, 4.69) is 0 Å². The molecule has 2 N–H and O–H groups in total. The van der Waals surface area contributed by atoms with E-state index in [1.54, 1.807) is 29.2 Å². The fraction of sp³-hybridized carbons (Fsp3) is 0.300. The summed E-state index contributed by atoms with van der Waals surface area (Å²) in [6, 6.07) is 11.1. The lowest BCUT2D eigenvalue weighted by Crippen LogP contribution is -2.46. The minimum Gasteiger partial charge on any atom is -0.368 e. The fourth-order valence-electron chi connectivity index (χ4n) is 4.07. The molecule has 1 aliphatic carbocycles. The summed E-state index contributed by atoms with van der Waals surface area (Å²) in [7, 11) is 0. The standard InChI is InChI=1S/C20H19FN2O2/c1-11-4-2-7-15(17(11)12-5-3-6-14(21)8-12)20(25)23-10-13-9-16(13)18(23)19(22)24/h2-8,13,16,18H,9-10H2,1H3,(H2,22,24)/t13-,16-,18+/m1/s1. The van der Waals surface area contributed by atoms with Gasteiger partial charge in [-0.25, -0.2) is 4.39 Å². The molecule has 0 aromatic heterocycles. The first kappa shape index (κ1) is 15.8. The van der Waals surface area contributed by atoms with E-state index in [0.717, 1.165) is 12.0 Å². The molecule has 4 nitrogen and oxygen atoms in total. The minimum absolute atomic E-state index is 0.198. The van der Waals surface area contributed by atoms with Crippen LogP contribution in [0.15, 0.2) is 42.5 Å². The first-order chi connectivity index (χ1) is 12.0. The molecule has 2 aromatic carbocycles. The molecule has 4 rings (SSSR count). The van der Waals surface area contributed by atoms with Gasteiger partial charge in [-0.15, -0.1) is 0 Å². The highest BCUT2D eigenvalue weighted by Crippen LogP contribution is 2.50. The number of aryl methyl sites for hydroxylation is 1. The van der Waals surface area contributed by atoms with Crippen LogP contribution in [0.5, 0.6) is 0 Å². The number of hydrogen-bond donors (Lipinski definition) is 1. The Hall–Kier alpha value is -2.69. The van der Waals surface area contributed by atoms with Crippen molar-refractivity contribution >= 4 is 11.8 Å². The van der Waals surface area contributed by atoms with Gasteiger partial charge >= 0.3 is 0 Å². The molecule has 1 saturated heterocycles. The van der Waals surface area contributed by atoms with Gasteiger partial charge in [0.1, 0.15) is 11.9 Å². The number of fused-ring (bicyclic) bond motifs is 1. The van der Waals surface area contributed by atoms with Gasteiger partial charge in [0.25, 0.3) is 5.91 Å². The third-order valence-corrected chi connectivity index (χ3v) is 5.32. The maximum absolute atomic E-state index is 13.7. The van der Waals surface area contributed by atoms with E-state index < -0.39 is 11.9 Å². The summed E-state index contributed by atoms with van der Waals surface area (Å²) in [6.07, 6.45) is 0.960. The van der Waals surface area contributed by atoms with Crippen LogP contribution in [-0.2, 0) is 4.79 Å². The third kappa shape index (κ3) is 2.60. The number of nitrogens with zero attached hydrogens (tertiary/aromatic N) is 1. The van der Waals surface area contributed by atoms with E-state index in [9.17, 15) is 14.0 Å². The van der Waals surface area contributed by atoms with Crippen molar-refractivity contribution in [3.63, 3.8) is 0 Å². The van der Waals surface area contributed by atoms with Gasteiger partial charge in [0, 0.05) is 12.1 Å². The number of amides is 2. The van der Waals surface area contributed by atoms with Crippen molar-refractivity contribution in [3.8, 4) is 11.1 Å². The van der Waals surface area contributed by atoms with Crippen molar-refractivity contribution in [1.82, 2.24) is 4.90 Å². The predicted octanol–water partition coefficient (Wildman–Crippen LogP) is 2.75. The van der Waals surface area contributed by atoms with E-state index in [-0.39, 0.29) is 17.6 Å². The van der Waals surface area contributed by atoms with E-state index in [0.29, 0.717) is 29.2 Å². The SMILES string of the molecule is Cc1cccc(C(=O)N2C[C@H]3C[C@H]3[C@H]2C(N)=O)c1-c1cccc(F)c1. The zero-order valence-electron chi connectivity index (χ0n) is 13.9. The minimum atomic E-state index is -0.529. The molecule has 5 heteroatoms. The highest BCUT2D eigenvalue weighted by atomic mass is 19.1. The summed E-state index contributed by atoms with van der Waals surface area (Å²) in [6.45, 7) is 2.46. The second-order valence-corrected chi connectivity index (χ2v) is 6.97. The summed E-state index contributed by atoms with van der Waals surface area (Å²) < 4.78 is 13.7. The summed E-state index contributed by atoms with van der Waals surface area (Å²) in [5.74, 6) is -0.429. The maximum Gasteiger partial charge on any atom is 0.255 e. The van der Waals surface area contributed by atoms with Crippen LogP contribution < -0.4 is 5.73 Å². The molecule has 128 valence electrons. The third-order valence-electron chi connectivity index (χ3n) is 5.32. The number of primary amides is 1. The van der Waals surface area contributed by atoms with Crippen molar-refractivity contribution < 1.29 is 14.0 Å². The topological polar surface area (TPSA) is 63.4 Å². The Morgan fingerprint density at radius 3 is 2.68 bits per heavy atom. The molecule has 3 atom stereocenters. The van der Waals surface area contributed by atoms with Gasteiger partial charge in [-0.2, -0.15) is 0 Å². The van der Waals surface area contributed by atoms with E-state index in [1.807, 2.05) is 13.0 Å². The molecule has 2 aliphatic rings. The molecule has 2 fully saturated rings. The molecule has 25 heavy (non-hydrogen) atoms. The van der Waals surface area contributed by atoms with Crippen LogP contribution in [-0.4, -0.2) is 29.3 Å².